The zero-order valence-corrected chi connectivity index (χ0v) is 13.9. The quantitative estimate of drug-likeness (QED) is 0.668. The summed E-state index contributed by atoms with van der Waals surface area (Å²) in [7, 11) is 1.32. The number of aromatic nitrogens is 1. The van der Waals surface area contributed by atoms with Gasteiger partial charge in [-0.3, -0.25) is 9.36 Å². The first-order valence-electron chi connectivity index (χ1n) is 7.77. The summed E-state index contributed by atoms with van der Waals surface area (Å²) in [5, 5.41) is 0. The molecule has 0 bridgehead atoms. The lowest BCUT2D eigenvalue weighted by Gasteiger charge is -2.06. The third-order valence-corrected chi connectivity index (χ3v) is 3.87. The summed E-state index contributed by atoms with van der Waals surface area (Å²) in [4.78, 5) is 35.2. The molecule has 2 aromatic carbocycles. The van der Waals surface area contributed by atoms with E-state index in [2.05, 4.69) is 0 Å². The van der Waals surface area contributed by atoms with E-state index in [1.165, 1.54) is 18.6 Å². The molecule has 3 rings (SSSR count). The minimum absolute atomic E-state index is 0.0440. The number of Topliss-reactive ketones (excluding diaryl/α,β-unsaturated/α-hetero) is 1. The third kappa shape index (κ3) is 3.52. The van der Waals surface area contributed by atoms with Crippen LogP contribution in [-0.2, 0) is 22.5 Å². The van der Waals surface area contributed by atoms with Gasteiger partial charge in [-0.25, -0.2) is 9.59 Å². The van der Waals surface area contributed by atoms with Crippen LogP contribution >= 0.6 is 0 Å². The van der Waals surface area contributed by atoms with E-state index in [1.807, 2.05) is 6.07 Å². The summed E-state index contributed by atoms with van der Waals surface area (Å²) in [6.07, 6.45) is 0.299. The van der Waals surface area contributed by atoms with Crippen molar-refractivity contribution >= 4 is 22.9 Å². The van der Waals surface area contributed by atoms with Crippen molar-refractivity contribution in [2.24, 2.45) is 0 Å². The Morgan fingerprint density at radius 1 is 1.12 bits per heavy atom. The Kier molecular flexibility index (Phi) is 4.52. The summed E-state index contributed by atoms with van der Waals surface area (Å²) in [6.45, 7) is 1.77. The van der Waals surface area contributed by atoms with Crippen LogP contribution in [0.15, 0.2) is 51.7 Å². The maximum Gasteiger partial charge on any atom is 0.420 e. The van der Waals surface area contributed by atoms with Gasteiger partial charge in [0.1, 0.15) is 5.78 Å². The fourth-order valence-corrected chi connectivity index (χ4v) is 2.75. The molecule has 0 radical (unpaired) electrons. The number of oxazole rings is 1. The van der Waals surface area contributed by atoms with Crippen LogP contribution in [0.2, 0.25) is 0 Å². The Morgan fingerprint density at radius 2 is 1.92 bits per heavy atom. The van der Waals surface area contributed by atoms with Crippen LogP contribution in [0.5, 0.6) is 0 Å². The molecule has 0 aliphatic carbocycles. The van der Waals surface area contributed by atoms with Crippen molar-refractivity contribution in [1.82, 2.24) is 4.57 Å². The highest BCUT2D eigenvalue weighted by molar-refractivity contribution is 5.89. The number of esters is 1. The topological polar surface area (TPSA) is 78.5 Å². The maximum absolute atomic E-state index is 12.2. The summed E-state index contributed by atoms with van der Waals surface area (Å²) in [5.41, 5.74) is 3.08. The van der Waals surface area contributed by atoms with Crippen molar-refractivity contribution in [2.45, 2.75) is 19.9 Å². The number of hydrogen-bond donors (Lipinski definition) is 0. The minimum Gasteiger partial charge on any atom is -0.465 e. The third-order valence-electron chi connectivity index (χ3n) is 3.87. The van der Waals surface area contributed by atoms with E-state index in [-0.39, 0.29) is 12.3 Å². The van der Waals surface area contributed by atoms with Crippen molar-refractivity contribution in [1.29, 1.82) is 0 Å². The Bertz CT molecular complexity index is 1010. The van der Waals surface area contributed by atoms with Gasteiger partial charge in [-0.05, 0) is 42.3 Å². The molecular formula is C19H17NO5. The van der Waals surface area contributed by atoms with Crippen LogP contribution in [-0.4, -0.2) is 23.4 Å². The lowest BCUT2D eigenvalue weighted by atomic mass is 10.1. The number of methoxy groups -OCH3 is 1. The van der Waals surface area contributed by atoms with Gasteiger partial charge in [0, 0.05) is 6.42 Å². The smallest absolute Gasteiger partial charge is 0.420 e. The van der Waals surface area contributed by atoms with Gasteiger partial charge in [-0.1, -0.05) is 18.2 Å². The number of benzene rings is 2. The second-order valence-corrected chi connectivity index (χ2v) is 5.83. The van der Waals surface area contributed by atoms with Crippen LogP contribution in [0.1, 0.15) is 28.4 Å². The molecule has 128 valence electrons. The van der Waals surface area contributed by atoms with Crippen LogP contribution in [0.25, 0.3) is 11.1 Å². The number of ketones is 1. The highest BCUT2D eigenvalue weighted by Gasteiger charge is 2.12. The first-order valence-corrected chi connectivity index (χ1v) is 7.77. The van der Waals surface area contributed by atoms with Crippen molar-refractivity contribution in [2.75, 3.05) is 7.11 Å². The number of hydrogen-bond acceptors (Lipinski definition) is 5. The number of carbonyl (C=O) groups excluding carboxylic acids is 2. The normalized spacial score (nSPS) is 10.8. The lowest BCUT2D eigenvalue weighted by molar-refractivity contribution is -0.116. The molecule has 0 aliphatic rings. The molecule has 1 aromatic heterocycles. The van der Waals surface area contributed by atoms with Crippen LogP contribution in [0, 0.1) is 0 Å². The molecule has 1 heterocycles. The van der Waals surface area contributed by atoms with Crippen molar-refractivity contribution in [3.05, 3.63) is 69.7 Å². The monoisotopic (exact) mass is 339 g/mol. The number of nitrogens with zero attached hydrogens (tertiary/aromatic N) is 1. The largest absolute Gasteiger partial charge is 0.465 e. The molecule has 0 fully saturated rings. The molecule has 0 atom stereocenters. The summed E-state index contributed by atoms with van der Waals surface area (Å²) in [5.74, 6) is -0.879. The average Bonchev–Trinajstić information content (AvgIpc) is 2.89. The van der Waals surface area contributed by atoms with Gasteiger partial charge in [0.25, 0.3) is 0 Å². The number of ether oxygens (including phenoxy) is 1. The summed E-state index contributed by atoms with van der Waals surface area (Å²) >= 11 is 0. The second kappa shape index (κ2) is 6.76. The van der Waals surface area contributed by atoms with Crippen molar-refractivity contribution in [3.63, 3.8) is 0 Å². The molecule has 0 unspecified atom stereocenters. The zero-order valence-electron chi connectivity index (χ0n) is 13.9. The molecule has 0 saturated carbocycles. The second-order valence-electron chi connectivity index (χ2n) is 5.83. The highest BCUT2D eigenvalue weighted by atomic mass is 16.5. The summed E-state index contributed by atoms with van der Waals surface area (Å²) in [6, 6.07) is 12.1. The Labute approximate surface area is 143 Å². The first kappa shape index (κ1) is 16.7. The Balaban J connectivity index is 2.01. The minimum atomic E-state index is -0.488. The van der Waals surface area contributed by atoms with E-state index < -0.39 is 11.7 Å². The number of carbonyl (C=O) groups is 2. The molecule has 0 aliphatic heterocycles. The molecule has 0 amide bonds. The summed E-state index contributed by atoms with van der Waals surface area (Å²) < 4.78 is 11.5. The van der Waals surface area contributed by atoms with E-state index in [0.717, 1.165) is 11.1 Å². The van der Waals surface area contributed by atoms with Crippen molar-refractivity contribution in [3.8, 4) is 0 Å². The van der Waals surface area contributed by atoms with Crippen LogP contribution in [0.3, 0.4) is 0 Å². The van der Waals surface area contributed by atoms with Gasteiger partial charge >= 0.3 is 11.7 Å². The van der Waals surface area contributed by atoms with E-state index in [4.69, 9.17) is 9.15 Å². The van der Waals surface area contributed by atoms with Gasteiger partial charge in [-0.15, -0.1) is 0 Å². The van der Waals surface area contributed by atoms with E-state index in [0.29, 0.717) is 23.1 Å². The van der Waals surface area contributed by atoms with Gasteiger partial charge in [0.15, 0.2) is 5.58 Å². The Morgan fingerprint density at radius 3 is 2.64 bits per heavy atom. The first-order chi connectivity index (χ1) is 12.0. The molecule has 25 heavy (non-hydrogen) atoms. The molecule has 0 spiro atoms. The molecule has 0 N–H and O–H groups in total. The molecular weight excluding hydrogens is 322 g/mol. The van der Waals surface area contributed by atoms with Crippen LogP contribution < -0.4 is 5.76 Å². The zero-order chi connectivity index (χ0) is 18.0. The van der Waals surface area contributed by atoms with Crippen LogP contribution in [0.4, 0.5) is 0 Å². The van der Waals surface area contributed by atoms with E-state index in [1.54, 1.807) is 36.4 Å². The Hall–Kier alpha value is -3.15. The van der Waals surface area contributed by atoms with E-state index >= 15 is 0 Å². The van der Waals surface area contributed by atoms with Crippen molar-refractivity contribution < 1.29 is 18.7 Å². The molecule has 6 nitrogen and oxygen atoms in total. The van der Waals surface area contributed by atoms with Gasteiger partial charge in [0.2, 0.25) is 0 Å². The lowest BCUT2D eigenvalue weighted by Crippen LogP contribution is -2.15. The fourth-order valence-electron chi connectivity index (χ4n) is 2.75. The average molecular weight is 339 g/mol. The predicted octanol–water partition coefficient (Wildman–Crippen LogP) is 2.56. The number of fused-ring (bicyclic) bond motifs is 1. The maximum atomic E-state index is 12.2. The standard InChI is InChI=1S/C19H17NO5/c1-12(21)8-13-6-7-17-16(10-13)20(19(23)25-17)11-14-4-3-5-15(9-14)18(22)24-2/h3-7,9-10H,8,11H2,1-2H3. The van der Waals surface area contributed by atoms with E-state index in [9.17, 15) is 14.4 Å². The predicted molar refractivity (Wildman–Crippen MR) is 91.7 cm³/mol. The van der Waals surface area contributed by atoms with Gasteiger partial charge < -0.3 is 9.15 Å². The SMILES string of the molecule is COC(=O)c1cccc(Cn2c(=O)oc3ccc(CC(C)=O)cc32)c1. The van der Waals surface area contributed by atoms with Gasteiger partial charge in [-0.2, -0.15) is 0 Å². The highest BCUT2D eigenvalue weighted by Crippen LogP contribution is 2.18. The fraction of sp³-hybridized carbons (Fsp3) is 0.211. The molecule has 3 aromatic rings. The van der Waals surface area contributed by atoms with Gasteiger partial charge in [0.05, 0.1) is 24.7 Å². The molecule has 6 heteroatoms. The molecule has 0 saturated heterocycles. The number of rotatable bonds is 5.